The highest BCUT2D eigenvalue weighted by Crippen LogP contribution is 2.40. The summed E-state index contributed by atoms with van der Waals surface area (Å²) in [5, 5.41) is 27.4. The zero-order chi connectivity index (χ0) is 47.9. The van der Waals surface area contributed by atoms with Crippen LogP contribution in [0.3, 0.4) is 0 Å². The highest BCUT2D eigenvalue weighted by Gasteiger charge is 2.45. The van der Waals surface area contributed by atoms with Crippen LogP contribution in [0.25, 0.3) is 15.4 Å². The molecule has 3 aliphatic rings. The van der Waals surface area contributed by atoms with E-state index in [-0.39, 0.29) is 49.6 Å². The van der Waals surface area contributed by atoms with E-state index in [0.29, 0.717) is 43.6 Å². The Morgan fingerprint density at radius 2 is 1.61 bits per heavy atom. The molecule has 15 nitrogen and oxygen atoms in total. The number of hydrogen-bond donors (Lipinski definition) is 3. The van der Waals surface area contributed by atoms with Gasteiger partial charge >= 0.3 is 0 Å². The molecule has 0 radical (unpaired) electrons. The number of thiazole rings is 1. The molecule has 2 saturated heterocycles. The molecule has 0 spiro atoms. The predicted octanol–water partition coefficient (Wildman–Crippen LogP) is 6.53. The standard InChI is InChI=1S/C49H59ClN10O5S2/c1-27-30(4)67-48-41(27)42(33-13-15-35(50)16-14-33)53-37(45-56-55-31(5)60(45)48)24-40(63)58-21-19-57(20-22-58)18-17-39(62)54-44(49(6,7)8)47(65)59-25-36(61)23-38(59)46(64)52-28(2)32-9-11-34(12-10-32)43-29(3)51-26-66-43/h9-16,26,28,36-38,44,61H,17-25H2,1-8H3,(H,52,64)(H,54,62)/t28-,36+,37-,38-,44+/m0/s1. The minimum Gasteiger partial charge on any atom is -0.391 e. The van der Waals surface area contributed by atoms with Crippen molar-refractivity contribution in [3.05, 3.63) is 104 Å². The van der Waals surface area contributed by atoms with Crippen LogP contribution in [0.2, 0.25) is 5.02 Å². The Morgan fingerprint density at radius 1 is 0.925 bits per heavy atom. The number of β-amino-alcohol motifs (C(OH)–C–C–N with tert-alkyl or cyclic N) is 1. The fraction of sp³-hybridized carbons (Fsp3) is 0.469. The molecule has 0 saturated carbocycles. The van der Waals surface area contributed by atoms with Gasteiger partial charge in [-0.2, -0.15) is 0 Å². The van der Waals surface area contributed by atoms with Crippen molar-refractivity contribution in [2.75, 3.05) is 39.3 Å². The molecule has 5 aromatic rings. The summed E-state index contributed by atoms with van der Waals surface area (Å²) in [4.78, 5) is 73.0. The highest BCUT2D eigenvalue weighted by atomic mass is 35.5. The van der Waals surface area contributed by atoms with Crippen molar-refractivity contribution >= 4 is 63.6 Å². The highest BCUT2D eigenvalue weighted by molar-refractivity contribution is 7.15. The van der Waals surface area contributed by atoms with Gasteiger partial charge in [0.25, 0.3) is 0 Å². The average Bonchev–Trinajstić information content (AvgIpc) is 4.07. The molecule has 3 N–H and O–H groups in total. The number of halogens is 1. The topological polar surface area (TPSA) is 178 Å². The van der Waals surface area contributed by atoms with Crippen molar-refractivity contribution in [2.24, 2.45) is 10.4 Å². The number of aliphatic hydroxyl groups excluding tert-OH is 1. The van der Waals surface area contributed by atoms with Gasteiger partial charge in [0.1, 0.15) is 29.0 Å². The second-order valence-corrected chi connectivity index (χ2v) is 21.5. The second kappa shape index (κ2) is 19.7. The van der Waals surface area contributed by atoms with Gasteiger partial charge in [-0.15, -0.1) is 32.9 Å². The van der Waals surface area contributed by atoms with Crippen molar-refractivity contribution in [3.63, 3.8) is 0 Å². The summed E-state index contributed by atoms with van der Waals surface area (Å²) in [5.74, 6) is 0.258. The maximum Gasteiger partial charge on any atom is 0.246 e. The van der Waals surface area contributed by atoms with Crippen LogP contribution in [0, 0.1) is 33.1 Å². The third-order valence-electron chi connectivity index (χ3n) is 13.2. The normalized spacial score (nSPS) is 19.6. The van der Waals surface area contributed by atoms with E-state index in [4.69, 9.17) is 16.6 Å². The quantitative estimate of drug-likeness (QED) is 0.126. The van der Waals surface area contributed by atoms with Gasteiger partial charge in [-0.25, -0.2) is 4.98 Å². The van der Waals surface area contributed by atoms with Crippen LogP contribution in [0.5, 0.6) is 0 Å². The number of aliphatic hydroxyl groups is 1. The maximum atomic E-state index is 14.3. The van der Waals surface area contributed by atoms with Crippen molar-refractivity contribution in [3.8, 4) is 15.4 Å². The summed E-state index contributed by atoms with van der Waals surface area (Å²) < 4.78 is 2.04. The van der Waals surface area contributed by atoms with Crippen LogP contribution in [-0.4, -0.2) is 126 Å². The summed E-state index contributed by atoms with van der Waals surface area (Å²) in [6.45, 7) is 18.1. The van der Waals surface area contributed by atoms with Gasteiger partial charge in [0.15, 0.2) is 5.82 Å². The average molecular weight is 968 g/mol. The van der Waals surface area contributed by atoms with Gasteiger partial charge in [-0.05, 0) is 68.9 Å². The largest absolute Gasteiger partial charge is 0.391 e. The molecular weight excluding hydrogens is 908 g/mol. The summed E-state index contributed by atoms with van der Waals surface area (Å²) in [7, 11) is 0. The van der Waals surface area contributed by atoms with E-state index in [9.17, 15) is 24.3 Å². The molecule has 354 valence electrons. The summed E-state index contributed by atoms with van der Waals surface area (Å²) in [6, 6.07) is 12.8. The number of fused-ring (bicyclic) bond motifs is 3. The number of aliphatic imine (C=N–C) groups is 1. The van der Waals surface area contributed by atoms with Crippen LogP contribution in [0.15, 0.2) is 59.0 Å². The number of hydrogen-bond acceptors (Lipinski definition) is 12. The number of piperazine rings is 1. The molecule has 4 amide bonds. The molecule has 6 heterocycles. The van der Waals surface area contributed by atoms with Crippen LogP contribution in [-0.2, 0) is 19.2 Å². The second-order valence-electron chi connectivity index (χ2n) is 19.0. The number of thiophene rings is 1. The van der Waals surface area contributed by atoms with Crippen molar-refractivity contribution in [1.82, 2.24) is 45.1 Å². The number of likely N-dealkylation sites (tertiary alicyclic amines) is 1. The number of nitrogens with one attached hydrogen (secondary N) is 2. The SMILES string of the molecule is Cc1ncsc1-c1ccc([C@H](C)NC(=O)[C@@H]2C[C@@H](O)CN2C(=O)[C@@H](NC(=O)CCN2CCN(C(=O)C[C@@H]3N=C(c4ccc(Cl)cc4)c4c(sc(C)c4C)-n4c(C)nnc43)CC2)C(C)(C)C)cc1. The first-order chi connectivity index (χ1) is 31.9. The number of benzene rings is 2. The molecular formula is C49H59ClN10O5S2. The van der Waals surface area contributed by atoms with Gasteiger partial charge in [0.05, 0.1) is 40.4 Å². The number of aryl methyl sites for hydroxylation is 3. The van der Waals surface area contributed by atoms with E-state index in [1.165, 1.54) is 9.78 Å². The van der Waals surface area contributed by atoms with Gasteiger partial charge in [-0.1, -0.05) is 68.8 Å². The van der Waals surface area contributed by atoms with Crippen LogP contribution in [0.4, 0.5) is 0 Å². The first-order valence-electron chi connectivity index (χ1n) is 22.8. The van der Waals surface area contributed by atoms with E-state index in [2.05, 4.69) is 44.6 Å². The van der Waals surface area contributed by atoms with Crippen molar-refractivity contribution in [1.29, 1.82) is 0 Å². The van der Waals surface area contributed by atoms with E-state index in [0.717, 1.165) is 54.9 Å². The third kappa shape index (κ3) is 10.3. The lowest BCUT2D eigenvalue weighted by atomic mass is 9.85. The Bertz CT molecular complexity index is 2680. The van der Waals surface area contributed by atoms with Crippen LogP contribution < -0.4 is 10.6 Å². The first-order valence-corrected chi connectivity index (χ1v) is 24.9. The molecule has 5 atom stereocenters. The molecule has 3 aliphatic heterocycles. The fourth-order valence-corrected chi connectivity index (χ4v) is 11.3. The Morgan fingerprint density at radius 3 is 2.27 bits per heavy atom. The third-order valence-corrected chi connectivity index (χ3v) is 15.6. The lowest BCUT2D eigenvalue weighted by Crippen LogP contribution is -2.58. The Hall–Kier alpha value is -5.33. The van der Waals surface area contributed by atoms with Gasteiger partial charge in [0, 0.05) is 73.1 Å². The van der Waals surface area contributed by atoms with Gasteiger partial charge in [0.2, 0.25) is 23.6 Å². The summed E-state index contributed by atoms with van der Waals surface area (Å²) in [5.41, 5.74) is 7.88. The predicted molar refractivity (Wildman–Crippen MR) is 262 cm³/mol. The molecule has 0 bridgehead atoms. The minimum absolute atomic E-state index is 0.00914. The Balaban J connectivity index is 0.862. The van der Waals surface area contributed by atoms with E-state index < -0.39 is 35.6 Å². The van der Waals surface area contributed by atoms with Crippen LogP contribution >= 0.6 is 34.3 Å². The van der Waals surface area contributed by atoms with Crippen molar-refractivity contribution < 1.29 is 24.3 Å². The van der Waals surface area contributed by atoms with E-state index in [1.807, 2.05) is 105 Å². The molecule has 67 heavy (non-hydrogen) atoms. The number of amides is 4. The number of carbonyl (C=O) groups is 4. The monoisotopic (exact) mass is 966 g/mol. The molecule has 2 fully saturated rings. The molecule has 18 heteroatoms. The smallest absolute Gasteiger partial charge is 0.246 e. The number of rotatable bonds is 12. The lowest BCUT2D eigenvalue weighted by Gasteiger charge is -2.36. The molecule has 8 rings (SSSR count). The Labute approximate surface area is 404 Å². The van der Waals surface area contributed by atoms with E-state index in [1.54, 1.807) is 22.7 Å². The number of carbonyl (C=O) groups excluding carboxylic acids is 4. The van der Waals surface area contributed by atoms with Gasteiger partial charge in [-0.3, -0.25) is 33.6 Å². The maximum absolute atomic E-state index is 14.3. The molecule has 0 unspecified atom stereocenters. The first kappa shape index (κ1) is 48.1. The summed E-state index contributed by atoms with van der Waals surface area (Å²) >= 11 is 9.53. The zero-order valence-electron chi connectivity index (χ0n) is 39.3. The minimum atomic E-state index is -0.935. The Kier molecular flexibility index (Phi) is 14.2. The van der Waals surface area contributed by atoms with Crippen LogP contribution in [0.1, 0.15) is 104 Å². The fourth-order valence-electron chi connectivity index (χ4n) is 9.16. The molecule has 2 aromatic carbocycles. The number of nitrogens with zero attached hydrogens (tertiary/aromatic N) is 8. The number of aromatic nitrogens is 4. The molecule has 0 aliphatic carbocycles. The van der Waals surface area contributed by atoms with Gasteiger partial charge < -0.3 is 25.5 Å². The zero-order valence-corrected chi connectivity index (χ0v) is 41.7. The summed E-state index contributed by atoms with van der Waals surface area (Å²) in [6.07, 6.45) is -0.522. The van der Waals surface area contributed by atoms with Crippen molar-refractivity contribution in [2.45, 2.75) is 105 Å². The lowest BCUT2D eigenvalue weighted by molar-refractivity contribution is -0.144. The molecule has 3 aromatic heterocycles. The van der Waals surface area contributed by atoms with E-state index >= 15 is 0 Å².